The summed E-state index contributed by atoms with van der Waals surface area (Å²) in [7, 11) is 1.64. The first-order valence-electron chi connectivity index (χ1n) is 7.37. The van der Waals surface area contributed by atoms with Gasteiger partial charge in [-0.1, -0.05) is 13.8 Å². The second-order valence-electron chi connectivity index (χ2n) is 5.89. The van der Waals surface area contributed by atoms with Gasteiger partial charge in [0.25, 0.3) is 0 Å². The van der Waals surface area contributed by atoms with E-state index >= 15 is 0 Å². The minimum absolute atomic E-state index is 0.325. The van der Waals surface area contributed by atoms with E-state index < -0.39 is 0 Å². The van der Waals surface area contributed by atoms with Crippen LogP contribution in [0.5, 0.6) is 5.75 Å². The summed E-state index contributed by atoms with van der Waals surface area (Å²) in [6.45, 7) is 5.13. The molecule has 2 rings (SSSR count). The van der Waals surface area contributed by atoms with Crippen molar-refractivity contribution in [3.05, 3.63) is 29.3 Å². The summed E-state index contributed by atoms with van der Waals surface area (Å²) in [6, 6.07) is 5.44. The maximum absolute atomic E-state index is 10.9. The Morgan fingerprint density at radius 2 is 2.05 bits per heavy atom. The standard InChI is InChI=1S/C17H24O3/c1-12-4-6-16(8-13(12)2)20-11-15-9-14(10-18)5-7-17(15)19-3/h5,7,9-10,12-13,16H,4,6,8,11H2,1-3H3. The molecule has 0 aromatic heterocycles. The van der Waals surface area contributed by atoms with Gasteiger partial charge in [0.05, 0.1) is 19.8 Å². The number of hydrogen-bond acceptors (Lipinski definition) is 3. The molecule has 0 radical (unpaired) electrons. The molecule has 0 heterocycles. The summed E-state index contributed by atoms with van der Waals surface area (Å²) >= 11 is 0. The second kappa shape index (κ2) is 6.89. The Morgan fingerprint density at radius 1 is 1.25 bits per heavy atom. The third-order valence-corrected chi connectivity index (χ3v) is 4.47. The van der Waals surface area contributed by atoms with E-state index in [9.17, 15) is 4.79 Å². The zero-order chi connectivity index (χ0) is 14.5. The molecule has 3 atom stereocenters. The van der Waals surface area contributed by atoms with E-state index in [2.05, 4.69) is 13.8 Å². The number of rotatable bonds is 5. The summed E-state index contributed by atoms with van der Waals surface area (Å²) in [4.78, 5) is 10.9. The Morgan fingerprint density at radius 3 is 2.70 bits per heavy atom. The fraction of sp³-hybridized carbons (Fsp3) is 0.588. The Labute approximate surface area is 121 Å². The molecular weight excluding hydrogens is 252 g/mol. The first kappa shape index (κ1) is 15.0. The van der Waals surface area contributed by atoms with Crippen molar-refractivity contribution < 1.29 is 14.3 Å². The van der Waals surface area contributed by atoms with Gasteiger partial charge >= 0.3 is 0 Å². The number of methoxy groups -OCH3 is 1. The molecule has 0 aliphatic heterocycles. The van der Waals surface area contributed by atoms with E-state index in [0.29, 0.717) is 18.3 Å². The molecule has 0 bridgehead atoms. The highest BCUT2D eigenvalue weighted by molar-refractivity contribution is 5.75. The van der Waals surface area contributed by atoms with Crippen LogP contribution in [-0.2, 0) is 11.3 Å². The number of carbonyl (C=O) groups is 1. The molecular formula is C17H24O3. The average molecular weight is 276 g/mol. The highest BCUT2D eigenvalue weighted by Gasteiger charge is 2.25. The van der Waals surface area contributed by atoms with Crippen LogP contribution in [0.15, 0.2) is 18.2 Å². The number of hydrogen-bond donors (Lipinski definition) is 0. The van der Waals surface area contributed by atoms with Crippen LogP contribution in [0.4, 0.5) is 0 Å². The molecule has 3 nitrogen and oxygen atoms in total. The molecule has 3 unspecified atom stereocenters. The Hall–Kier alpha value is -1.35. The molecule has 20 heavy (non-hydrogen) atoms. The highest BCUT2D eigenvalue weighted by atomic mass is 16.5. The molecule has 1 fully saturated rings. The fourth-order valence-corrected chi connectivity index (χ4v) is 2.84. The molecule has 1 aliphatic rings. The van der Waals surface area contributed by atoms with Gasteiger partial charge in [-0.05, 0) is 49.3 Å². The van der Waals surface area contributed by atoms with Gasteiger partial charge in [0.2, 0.25) is 0 Å². The first-order chi connectivity index (χ1) is 9.63. The van der Waals surface area contributed by atoms with Gasteiger partial charge in [0, 0.05) is 11.1 Å². The number of benzene rings is 1. The molecule has 0 spiro atoms. The molecule has 110 valence electrons. The third kappa shape index (κ3) is 3.60. The van der Waals surface area contributed by atoms with E-state index in [1.165, 1.54) is 6.42 Å². The van der Waals surface area contributed by atoms with Crippen molar-refractivity contribution in [2.45, 2.75) is 45.8 Å². The Balaban J connectivity index is 1.98. The largest absolute Gasteiger partial charge is 0.496 e. The zero-order valence-electron chi connectivity index (χ0n) is 12.6. The normalized spacial score (nSPS) is 26.2. The van der Waals surface area contributed by atoms with Crippen LogP contribution in [0, 0.1) is 11.8 Å². The minimum atomic E-state index is 0.325. The number of ether oxygens (including phenoxy) is 2. The summed E-state index contributed by atoms with van der Waals surface area (Å²) in [5, 5.41) is 0. The molecule has 0 saturated heterocycles. The SMILES string of the molecule is COc1ccc(C=O)cc1COC1CCC(C)C(C)C1. The van der Waals surface area contributed by atoms with Crippen molar-refractivity contribution in [3.63, 3.8) is 0 Å². The van der Waals surface area contributed by atoms with Crippen LogP contribution in [0.25, 0.3) is 0 Å². The van der Waals surface area contributed by atoms with Crippen molar-refractivity contribution in [2.24, 2.45) is 11.8 Å². The van der Waals surface area contributed by atoms with Crippen LogP contribution < -0.4 is 4.74 Å². The molecule has 1 aromatic carbocycles. The van der Waals surface area contributed by atoms with Crippen LogP contribution in [0.3, 0.4) is 0 Å². The lowest BCUT2D eigenvalue weighted by Crippen LogP contribution is -2.26. The van der Waals surface area contributed by atoms with E-state index in [4.69, 9.17) is 9.47 Å². The minimum Gasteiger partial charge on any atom is -0.496 e. The van der Waals surface area contributed by atoms with E-state index in [1.807, 2.05) is 12.1 Å². The monoisotopic (exact) mass is 276 g/mol. The lowest BCUT2D eigenvalue weighted by molar-refractivity contribution is -0.00808. The van der Waals surface area contributed by atoms with Gasteiger partial charge in [0.1, 0.15) is 12.0 Å². The van der Waals surface area contributed by atoms with Crippen molar-refractivity contribution in [2.75, 3.05) is 7.11 Å². The summed E-state index contributed by atoms with van der Waals surface area (Å²) < 4.78 is 11.4. The maximum atomic E-state index is 10.9. The quantitative estimate of drug-likeness (QED) is 0.766. The molecule has 1 aliphatic carbocycles. The lowest BCUT2D eigenvalue weighted by Gasteiger charge is -2.32. The fourth-order valence-electron chi connectivity index (χ4n) is 2.84. The molecule has 0 N–H and O–H groups in total. The van der Waals surface area contributed by atoms with E-state index in [-0.39, 0.29) is 0 Å². The Kier molecular flexibility index (Phi) is 5.18. The van der Waals surface area contributed by atoms with E-state index in [1.54, 1.807) is 13.2 Å². The van der Waals surface area contributed by atoms with Gasteiger partial charge in [-0.3, -0.25) is 4.79 Å². The molecule has 1 saturated carbocycles. The predicted molar refractivity (Wildman–Crippen MR) is 79.1 cm³/mol. The van der Waals surface area contributed by atoms with Gasteiger partial charge in [-0.2, -0.15) is 0 Å². The Bertz CT molecular complexity index is 456. The highest BCUT2D eigenvalue weighted by Crippen LogP contribution is 2.32. The number of aldehydes is 1. The van der Waals surface area contributed by atoms with E-state index in [0.717, 1.165) is 42.3 Å². The second-order valence-corrected chi connectivity index (χ2v) is 5.89. The van der Waals surface area contributed by atoms with Gasteiger partial charge in [-0.15, -0.1) is 0 Å². The molecule has 3 heteroatoms. The topological polar surface area (TPSA) is 35.5 Å². The third-order valence-electron chi connectivity index (χ3n) is 4.47. The van der Waals surface area contributed by atoms with Crippen LogP contribution in [0.1, 0.15) is 49.0 Å². The smallest absolute Gasteiger partial charge is 0.150 e. The summed E-state index contributed by atoms with van der Waals surface area (Å²) in [5.41, 5.74) is 1.61. The van der Waals surface area contributed by atoms with Gasteiger partial charge in [-0.25, -0.2) is 0 Å². The summed E-state index contributed by atoms with van der Waals surface area (Å²) in [6.07, 6.45) is 4.66. The predicted octanol–water partition coefficient (Wildman–Crippen LogP) is 3.85. The average Bonchev–Trinajstić information content (AvgIpc) is 2.48. The lowest BCUT2D eigenvalue weighted by atomic mass is 9.80. The van der Waals surface area contributed by atoms with Crippen molar-refractivity contribution in [3.8, 4) is 5.75 Å². The number of carbonyl (C=O) groups excluding carboxylic acids is 1. The van der Waals surface area contributed by atoms with Gasteiger partial charge < -0.3 is 9.47 Å². The van der Waals surface area contributed by atoms with Crippen LogP contribution >= 0.6 is 0 Å². The van der Waals surface area contributed by atoms with Crippen LogP contribution in [0.2, 0.25) is 0 Å². The van der Waals surface area contributed by atoms with Crippen molar-refractivity contribution in [1.29, 1.82) is 0 Å². The zero-order valence-corrected chi connectivity index (χ0v) is 12.6. The maximum Gasteiger partial charge on any atom is 0.150 e. The molecule has 1 aromatic rings. The van der Waals surface area contributed by atoms with Crippen molar-refractivity contribution >= 4 is 6.29 Å². The van der Waals surface area contributed by atoms with Crippen LogP contribution in [-0.4, -0.2) is 19.5 Å². The first-order valence-corrected chi connectivity index (χ1v) is 7.37. The van der Waals surface area contributed by atoms with Gasteiger partial charge in [0.15, 0.2) is 0 Å². The molecule has 0 amide bonds. The van der Waals surface area contributed by atoms with Crippen molar-refractivity contribution in [1.82, 2.24) is 0 Å². The summed E-state index contributed by atoms with van der Waals surface area (Å²) in [5.74, 6) is 2.30.